The van der Waals surface area contributed by atoms with Gasteiger partial charge in [0.25, 0.3) is 11.1 Å². The molecule has 1 aromatic carbocycles. The summed E-state index contributed by atoms with van der Waals surface area (Å²) in [6, 6.07) is 9.40. The smallest absolute Gasteiger partial charge is 0.278 e. The van der Waals surface area contributed by atoms with E-state index in [0.717, 1.165) is 37.4 Å². The van der Waals surface area contributed by atoms with E-state index >= 15 is 0 Å². The number of nitrogens with one attached hydrogen (secondary N) is 2. The fraction of sp³-hybridized carbons (Fsp3) is 0.333. The molecule has 10 nitrogen and oxygen atoms in total. The van der Waals surface area contributed by atoms with Crippen LogP contribution in [0.2, 0.25) is 0 Å². The third kappa shape index (κ3) is 4.67. The highest BCUT2D eigenvalue weighted by atomic mass is 16.1. The van der Waals surface area contributed by atoms with E-state index in [1.54, 1.807) is 38.5 Å². The number of aryl methyl sites for hydroxylation is 1. The molecule has 4 aromatic rings. The van der Waals surface area contributed by atoms with Gasteiger partial charge in [0.2, 0.25) is 5.95 Å². The topological polar surface area (TPSA) is 102 Å². The number of fused-ring (bicyclic) bond motifs is 1. The Balaban J connectivity index is 1.56. The van der Waals surface area contributed by atoms with Crippen LogP contribution in [-0.4, -0.2) is 50.1 Å². The molecule has 1 saturated heterocycles. The van der Waals surface area contributed by atoms with Crippen LogP contribution in [0.3, 0.4) is 0 Å². The van der Waals surface area contributed by atoms with Crippen molar-refractivity contribution in [1.29, 1.82) is 0 Å². The van der Waals surface area contributed by atoms with E-state index in [1.165, 1.54) is 11.8 Å². The molecule has 0 aliphatic carbocycles. The highest BCUT2D eigenvalue weighted by Gasteiger charge is 2.18. The Morgan fingerprint density at radius 3 is 2.65 bits per heavy atom. The molecule has 2 N–H and O–H groups in total. The number of hydrogen-bond acceptors (Lipinski definition) is 7. The molecular formula is C27H32N8O2. The summed E-state index contributed by atoms with van der Waals surface area (Å²) in [5.74, 6) is 0.378. The van der Waals surface area contributed by atoms with Gasteiger partial charge in [-0.25, -0.2) is 14.3 Å². The van der Waals surface area contributed by atoms with E-state index in [9.17, 15) is 9.59 Å². The van der Waals surface area contributed by atoms with Gasteiger partial charge in [0.15, 0.2) is 5.65 Å². The molecule has 0 spiro atoms. The van der Waals surface area contributed by atoms with Gasteiger partial charge in [-0.3, -0.25) is 9.59 Å². The Kier molecular flexibility index (Phi) is 6.66. The van der Waals surface area contributed by atoms with Crippen LogP contribution in [-0.2, 0) is 6.54 Å². The molecule has 1 fully saturated rings. The molecule has 37 heavy (non-hydrogen) atoms. The zero-order valence-corrected chi connectivity index (χ0v) is 21.4. The summed E-state index contributed by atoms with van der Waals surface area (Å²) in [5, 5.41) is 7.07. The molecular weight excluding hydrogens is 468 g/mol. The van der Waals surface area contributed by atoms with Crippen LogP contribution in [0.25, 0.3) is 16.7 Å². The Morgan fingerprint density at radius 1 is 1.16 bits per heavy atom. The number of aromatic nitrogens is 5. The van der Waals surface area contributed by atoms with Gasteiger partial charge in [0.05, 0.1) is 12.2 Å². The summed E-state index contributed by atoms with van der Waals surface area (Å²) >= 11 is 0. The van der Waals surface area contributed by atoms with Gasteiger partial charge >= 0.3 is 0 Å². The minimum Gasteiger partial charge on any atom is -0.369 e. The lowest BCUT2D eigenvalue weighted by Crippen LogP contribution is -2.43. The third-order valence-corrected chi connectivity index (χ3v) is 6.61. The standard InChI is InChI=1S/C27H32N8O2/c1-5-12-34-26(37)22-16-29-27(30-20-6-8-23(19(4)15-20)32-13-10-28-11-14-32)31-25(22)35(34)21-7-9-24(36)33(17-21)18(2)3/h5-9,15-18,28H,1,10-14H2,2-4H3,(H,29,30,31). The zero-order valence-electron chi connectivity index (χ0n) is 21.4. The van der Waals surface area contributed by atoms with Crippen LogP contribution in [0.5, 0.6) is 0 Å². The van der Waals surface area contributed by atoms with E-state index in [2.05, 4.69) is 46.2 Å². The van der Waals surface area contributed by atoms with Crippen LogP contribution in [0.15, 0.2) is 65.0 Å². The second-order valence-electron chi connectivity index (χ2n) is 9.51. The zero-order chi connectivity index (χ0) is 26.1. The minimum absolute atomic E-state index is 0.0342. The number of allylic oxidation sites excluding steroid dienone is 1. The van der Waals surface area contributed by atoms with Gasteiger partial charge < -0.3 is 20.1 Å². The van der Waals surface area contributed by atoms with Crippen molar-refractivity contribution in [3.05, 3.63) is 81.7 Å². The van der Waals surface area contributed by atoms with Crippen molar-refractivity contribution in [3.8, 4) is 5.69 Å². The van der Waals surface area contributed by atoms with Gasteiger partial charge in [0.1, 0.15) is 5.39 Å². The van der Waals surface area contributed by atoms with E-state index in [4.69, 9.17) is 4.98 Å². The summed E-state index contributed by atoms with van der Waals surface area (Å²) < 4.78 is 4.91. The van der Waals surface area contributed by atoms with Crippen LogP contribution < -0.4 is 26.7 Å². The number of benzene rings is 1. The highest BCUT2D eigenvalue weighted by molar-refractivity contribution is 5.77. The van der Waals surface area contributed by atoms with Crippen molar-refractivity contribution in [2.75, 3.05) is 36.4 Å². The normalized spacial score (nSPS) is 13.9. The van der Waals surface area contributed by atoms with Crippen molar-refractivity contribution in [2.45, 2.75) is 33.4 Å². The molecule has 10 heteroatoms. The summed E-state index contributed by atoms with van der Waals surface area (Å²) in [5.41, 5.74) is 4.03. The minimum atomic E-state index is -0.222. The number of hydrogen-bond donors (Lipinski definition) is 2. The van der Waals surface area contributed by atoms with Crippen molar-refractivity contribution < 1.29 is 0 Å². The Hall–Kier alpha value is -4.18. The molecule has 5 rings (SSSR count). The second-order valence-corrected chi connectivity index (χ2v) is 9.51. The quantitative estimate of drug-likeness (QED) is 0.376. The first kappa shape index (κ1) is 24.5. The Morgan fingerprint density at radius 2 is 1.95 bits per heavy atom. The van der Waals surface area contributed by atoms with Gasteiger partial charge in [-0.05, 0) is 50.6 Å². The molecule has 0 amide bonds. The van der Waals surface area contributed by atoms with E-state index in [-0.39, 0.29) is 23.7 Å². The lowest BCUT2D eigenvalue weighted by Gasteiger charge is -2.30. The summed E-state index contributed by atoms with van der Waals surface area (Å²) in [6.45, 7) is 14.0. The van der Waals surface area contributed by atoms with E-state index in [0.29, 0.717) is 22.7 Å². The van der Waals surface area contributed by atoms with Crippen molar-refractivity contribution >= 4 is 28.4 Å². The molecule has 1 aliphatic heterocycles. The fourth-order valence-corrected chi connectivity index (χ4v) is 4.78. The van der Waals surface area contributed by atoms with Crippen LogP contribution in [0.1, 0.15) is 25.5 Å². The maximum atomic E-state index is 13.2. The summed E-state index contributed by atoms with van der Waals surface area (Å²) in [4.78, 5) is 37.1. The number of rotatable bonds is 7. The highest BCUT2D eigenvalue weighted by Crippen LogP contribution is 2.26. The second kappa shape index (κ2) is 10.1. The molecule has 4 heterocycles. The summed E-state index contributed by atoms with van der Waals surface area (Å²) in [7, 11) is 0. The number of anilines is 3. The van der Waals surface area contributed by atoms with Crippen molar-refractivity contribution in [2.24, 2.45) is 0 Å². The van der Waals surface area contributed by atoms with Gasteiger partial charge in [-0.15, -0.1) is 6.58 Å². The third-order valence-electron chi connectivity index (χ3n) is 6.61. The fourth-order valence-electron chi connectivity index (χ4n) is 4.78. The first-order valence-electron chi connectivity index (χ1n) is 12.5. The molecule has 0 radical (unpaired) electrons. The van der Waals surface area contributed by atoms with Gasteiger partial charge in [-0.2, -0.15) is 4.98 Å². The summed E-state index contributed by atoms with van der Waals surface area (Å²) in [6.07, 6.45) is 4.95. The first-order chi connectivity index (χ1) is 17.9. The monoisotopic (exact) mass is 500 g/mol. The predicted octanol–water partition coefficient (Wildman–Crippen LogP) is 2.97. The molecule has 0 atom stereocenters. The largest absolute Gasteiger partial charge is 0.369 e. The Labute approximate surface area is 214 Å². The van der Waals surface area contributed by atoms with Crippen LogP contribution in [0, 0.1) is 6.92 Å². The van der Waals surface area contributed by atoms with Crippen molar-refractivity contribution in [3.63, 3.8) is 0 Å². The van der Waals surface area contributed by atoms with Gasteiger partial charge in [0, 0.05) is 62.1 Å². The number of piperazine rings is 1. The SMILES string of the molecule is C=CCn1c(=O)c2cnc(Nc3ccc(N4CCNCC4)c(C)c3)nc2n1-c1ccc(=O)n(C(C)C)c1. The predicted molar refractivity (Wildman–Crippen MR) is 148 cm³/mol. The molecule has 192 valence electrons. The molecule has 1 aliphatic rings. The molecule has 0 saturated carbocycles. The van der Waals surface area contributed by atoms with Crippen molar-refractivity contribution in [1.82, 2.24) is 29.2 Å². The first-order valence-corrected chi connectivity index (χ1v) is 12.5. The number of pyridine rings is 1. The molecule has 0 bridgehead atoms. The van der Waals surface area contributed by atoms with Crippen LogP contribution in [0.4, 0.5) is 17.3 Å². The Bertz CT molecular complexity index is 1570. The lowest BCUT2D eigenvalue weighted by molar-refractivity contribution is 0.561. The average molecular weight is 501 g/mol. The van der Waals surface area contributed by atoms with Gasteiger partial charge in [-0.1, -0.05) is 6.08 Å². The molecule has 0 unspecified atom stereocenters. The van der Waals surface area contributed by atoms with E-state index < -0.39 is 0 Å². The molecule has 3 aromatic heterocycles. The lowest BCUT2D eigenvalue weighted by atomic mass is 10.1. The average Bonchev–Trinajstić information content (AvgIpc) is 3.16. The van der Waals surface area contributed by atoms with Crippen LogP contribution >= 0.6 is 0 Å². The maximum Gasteiger partial charge on any atom is 0.278 e. The van der Waals surface area contributed by atoms with E-state index in [1.807, 2.05) is 19.9 Å². The maximum absolute atomic E-state index is 13.2. The number of nitrogens with zero attached hydrogens (tertiary/aromatic N) is 6.